The number of halogens is 3. The van der Waals surface area contributed by atoms with Crippen molar-refractivity contribution in [2.24, 2.45) is 12.1 Å². The van der Waals surface area contributed by atoms with Crippen LogP contribution in [0.15, 0.2) is 35.7 Å². The van der Waals surface area contributed by atoms with Crippen molar-refractivity contribution in [1.29, 1.82) is 0 Å². The number of aromatic nitrogens is 2. The van der Waals surface area contributed by atoms with Gasteiger partial charge in [0.05, 0.1) is 22.9 Å². The fraction of sp³-hybridized carbons (Fsp3) is 0.167. The van der Waals surface area contributed by atoms with Crippen molar-refractivity contribution in [3.8, 4) is 0 Å². The Hall–Kier alpha value is -2.91. The van der Waals surface area contributed by atoms with Crippen LogP contribution < -0.4 is 5.43 Å². The number of nitrogens with zero attached hydrogens (tertiary/aromatic N) is 4. The van der Waals surface area contributed by atoms with Crippen molar-refractivity contribution in [2.45, 2.75) is 6.18 Å². The zero-order chi connectivity index (χ0) is 16.3. The lowest BCUT2D eigenvalue weighted by molar-refractivity contribution is -0.384. The van der Waals surface area contributed by atoms with E-state index in [1.54, 1.807) is 13.2 Å². The van der Waals surface area contributed by atoms with Crippen LogP contribution in [0.5, 0.6) is 0 Å². The van der Waals surface area contributed by atoms with E-state index in [0.717, 1.165) is 12.1 Å². The molecule has 0 aliphatic heterocycles. The summed E-state index contributed by atoms with van der Waals surface area (Å²) in [5.41, 5.74) is 1.04. The fourth-order valence-corrected chi connectivity index (χ4v) is 1.64. The molecule has 0 atom stereocenters. The van der Waals surface area contributed by atoms with Gasteiger partial charge < -0.3 is 0 Å². The normalized spacial score (nSPS) is 11.8. The number of hydrogen-bond acceptors (Lipinski definition) is 5. The number of benzene rings is 1. The number of hydrazone groups is 1. The van der Waals surface area contributed by atoms with E-state index in [0.29, 0.717) is 11.6 Å². The van der Waals surface area contributed by atoms with Crippen molar-refractivity contribution < 1.29 is 18.1 Å². The fourth-order valence-electron chi connectivity index (χ4n) is 1.64. The van der Waals surface area contributed by atoms with Gasteiger partial charge >= 0.3 is 6.18 Å². The number of hydrogen-bond donors (Lipinski definition) is 1. The number of nitro groups is 1. The molecule has 1 aromatic heterocycles. The monoisotopic (exact) mass is 313 g/mol. The maximum Gasteiger partial charge on any atom is 0.416 e. The molecule has 0 aliphatic carbocycles. The molecule has 0 fully saturated rings. The first-order valence-electron chi connectivity index (χ1n) is 5.91. The van der Waals surface area contributed by atoms with Crippen LogP contribution in [0.2, 0.25) is 0 Å². The van der Waals surface area contributed by atoms with Gasteiger partial charge in [-0.1, -0.05) is 0 Å². The minimum Gasteiger partial charge on any atom is -0.275 e. The van der Waals surface area contributed by atoms with Gasteiger partial charge in [0.1, 0.15) is 5.69 Å². The molecule has 116 valence electrons. The molecule has 0 saturated carbocycles. The lowest BCUT2D eigenvalue weighted by atomic mass is 10.1. The first kappa shape index (κ1) is 15.5. The van der Waals surface area contributed by atoms with E-state index in [-0.39, 0.29) is 5.69 Å². The standard InChI is InChI=1S/C12H10F3N5O2/c1-19-7-8(6-17-19)5-16-18-10-3-2-9(12(13,14)15)4-11(10)20(21)22/h2-7,18H,1H3/b16-5+. The summed E-state index contributed by atoms with van der Waals surface area (Å²) in [4.78, 5) is 9.96. The average molecular weight is 313 g/mol. The molecule has 0 amide bonds. The van der Waals surface area contributed by atoms with E-state index in [9.17, 15) is 23.3 Å². The number of rotatable bonds is 4. The SMILES string of the molecule is Cn1cc(/C=N/Nc2ccc(C(F)(F)F)cc2[N+](=O)[O-])cn1. The van der Waals surface area contributed by atoms with Crippen molar-refractivity contribution in [1.82, 2.24) is 9.78 Å². The molecule has 0 saturated heterocycles. The highest BCUT2D eigenvalue weighted by Crippen LogP contribution is 2.34. The second-order valence-corrected chi connectivity index (χ2v) is 4.30. The summed E-state index contributed by atoms with van der Waals surface area (Å²) in [5, 5.41) is 18.5. The van der Waals surface area contributed by atoms with Gasteiger partial charge in [-0.3, -0.25) is 20.2 Å². The third kappa shape index (κ3) is 3.59. The number of nitrogens with one attached hydrogen (secondary N) is 1. The Morgan fingerprint density at radius 3 is 2.73 bits per heavy atom. The molecule has 22 heavy (non-hydrogen) atoms. The zero-order valence-electron chi connectivity index (χ0n) is 11.2. The second kappa shape index (κ2) is 5.84. The molecule has 2 rings (SSSR count). The van der Waals surface area contributed by atoms with Gasteiger partial charge in [0.25, 0.3) is 5.69 Å². The predicted octanol–water partition coefficient (Wildman–Crippen LogP) is 2.79. The summed E-state index contributed by atoms with van der Waals surface area (Å²) < 4.78 is 39.2. The van der Waals surface area contributed by atoms with Crippen molar-refractivity contribution >= 4 is 17.6 Å². The highest BCUT2D eigenvalue weighted by atomic mass is 19.4. The maximum absolute atomic E-state index is 12.6. The van der Waals surface area contributed by atoms with E-state index in [4.69, 9.17) is 0 Å². The first-order chi connectivity index (χ1) is 10.3. The highest BCUT2D eigenvalue weighted by Gasteiger charge is 2.33. The smallest absolute Gasteiger partial charge is 0.275 e. The Labute approximate surface area is 122 Å². The maximum atomic E-state index is 12.6. The van der Waals surface area contributed by atoms with E-state index < -0.39 is 22.4 Å². The zero-order valence-corrected chi connectivity index (χ0v) is 11.2. The van der Waals surface area contributed by atoms with E-state index in [1.807, 2.05) is 0 Å². The summed E-state index contributed by atoms with van der Waals surface area (Å²) in [6, 6.07) is 2.17. The van der Waals surface area contributed by atoms with Crippen LogP contribution in [0, 0.1) is 10.1 Å². The van der Waals surface area contributed by atoms with E-state index in [2.05, 4.69) is 15.6 Å². The lowest BCUT2D eigenvalue weighted by Gasteiger charge is -2.08. The summed E-state index contributed by atoms with van der Waals surface area (Å²) in [6.45, 7) is 0. The molecule has 0 unspecified atom stereocenters. The second-order valence-electron chi connectivity index (χ2n) is 4.30. The lowest BCUT2D eigenvalue weighted by Crippen LogP contribution is -2.06. The van der Waals surface area contributed by atoms with Gasteiger partial charge in [0, 0.05) is 24.9 Å². The van der Waals surface area contributed by atoms with Crippen molar-refractivity contribution in [3.05, 3.63) is 51.8 Å². The molecule has 0 radical (unpaired) electrons. The summed E-state index contributed by atoms with van der Waals surface area (Å²) in [5.74, 6) is 0. The predicted molar refractivity (Wildman–Crippen MR) is 72.5 cm³/mol. The molecule has 2 aromatic rings. The third-order valence-electron chi connectivity index (χ3n) is 2.65. The molecule has 0 spiro atoms. The topological polar surface area (TPSA) is 85.3 Å². The average Bonchev–Trinajstić information content (AvgIpc) is 2.83. The van der Waals surface area contributed by atoms with Crippen LogP contribution in [0.25, 0.3) is 0 Å². The molecule has 1 heterocycles. The third-order valence-corrected chi connectivity index (χ3v) is 2.65. The van der Waals surface area contributed by atoms with Gasteiger partial charge in [-0.15, -0.1) is 0 Å². The van der Waals surface area contributed by atoms with Crippen LogP contribution in [0.4, 0.5) is 24.5 Å². The molecule has 7 nitrogen and oxygen atoms in total. The summed E-state index contributed by atoms with van der Waals surface area (Å²) in [7, 11) is 1.70. The Balaban J connectivity index is 2.23. The molecule has 10 heteroatoms. The van der Waals surface area contributed by atoms with Gasteiger partial charge in [0.2, 0.25) is 0 Å². The molecular formula is C12H10F3N5O2. The van der Waals surface area contributed by atoms with Gasteiger partial charge in [-0.05, 0) is 12.1 Å². The molecular weight excluding hydrogens is 303 g/mol. The minimum atomic E-state index is -4.65. The quantitative estimate of drug-likeness (QED) is 0.534. The van der Waals surface area contributed by atoms with E-state index in [1.165, 1.54) is 17.1 Å². The molecule has 0 bridgehead atoms. The number of aryl methyl sites for hydroxylation is 1. The Kier molecular flexibility index (Phi) is 4.11. The number of nitro benzene ring substituents is 1. The number of anilines is 1. The molecule has 0 aliphatic rings. The van der Waals surface area contributed by atoms with Crippen LogP contribution >= 0.6 is 0 Å². The summed E-state index contributed by atoms with van der Waals surface area (Å²) >= 11 is 0. The molecule has 1 N–H and O–H groups in total. The van der Waals surface area contributed by atoms with E-state index >= 15 is 0 Å². The Bertz CT molecular complexity index is 724. The van der Waals surface area contributed by atoms with Crippen LogP contribution in [-0.2, 0) is 13.2 Å². The van der Waals surface area contributed by atoms with Crippen LogP contribution in [-0.4, -0.2) is 20.9 Å². The summed E-state index contributed by atoms with van der Waals surface area (Å²) in [6.07, 6.45) is -0.157. The number of alkyl halides is 3. The van der Waals surface area contributed by atoms with Crippen LogP contribution in [0.3, 0.4) is 0 Å². The Morgan fingerprint density at radius 2 is 2.18 bits per heavy atom. The highest BCUT2D eigenvalue weighted by molar-refractivity contribution is 5.79. The van der Waals surface area contributed by atoms with Crippen molar-refractivity contribution in [2.75, 3.05) is 5.43 Å². The first-order valence-corrected chi connectivity index (χ1v) is 5.91. The largest absolute Gasteiger partial charge is 0.416 e. The molecule has 1 aromatic carbocycles. The Morgan fingerprint density at radius 1 is 1.45 bits per heavy atom. The van der Waals surface area contributed by atoms with Crippen molar-refractivity contribution in [3.63, 3.8) is 0 Å². The van der Waals surface area contributed by atoms with Crippen LogP contribution in [0.1, 0.15) is 11.1 Å². The van der Waals surface area contributed by atoms with Gasteiger partial charge in [0.15, 0.2) is 0 Å². The van der Waals surface area contributed by atoms with Gasteiger partial charge in [-0.2, -0.15) is 23.4 Å². The van der Waals surface area contributed by atoms with Gasteiger partial charge in [-0.25, -0.2) is 0 Å². The minimum absolute atomic E-state index is 0.141.